The molecule has 0 aliphatic carbocycles. The highest BCUT2D eigenvalue weighted by molar-refractivity contribution is 7.86. The van der Waals surface area contributed by atoms with Crippen LogP contribution in [0.5, 0.6) is 0 Å². The van der Waals surface area contributed by atoms with Crippen LogP contribution < -0.4 is 15.9 Å². The van der Waals surface area contributed by atoms with Gasteiger partial charge in [0, 0.05) is 32.4 Å². The Morgan fingerprint density at radius 1 is 0.487 bits per heavy atom. The molecule has 0 saturated heterocycles. The second kappa shape index (κ2) is 8.43. The van der Waals surface area contributed by atoms with Crippen LogP contribution in [0.3, 0.4) is 0 Å². The second-order valence-electron chi connectivity index (χ2n) is 10.1. The van der Waals surface area contributed by atoms with Gasteiger partial charge in [0.2, 0.25) is 0 Å². The standard InChI is InChI=1S/C36H24NOP/c38-39(28-13-5-2-6-14-28)34-18-10-8-15-29(34)30-23-24-33-35(36(30)39)31-16-7-9-17-32(31)37(33)27-21-19-26(20-22-27)25-11-3-1-4-12-25/h1-24H. The van der Waals surface area contributed by atoms with Crippen LogP contribution in [0.25, 0.3) is 49.7 Å². The quantitative estimate of drug-likeness (QED) is 0.217. The Kier molecular flexibility index (Phi) is 4.83. The third-order valence-electron chi connectivity index (χ3n) is 8.01. The summed E-state index contributed by atoms with van der Waals surface area (Å²) in [6.45, 7) is 0. The first-order chi connectivity index (χ1) is 19.2. The van der Waals surface area contributed by atoms with Gasteiger partial charge in [-0.25, -0.2) is 0 Å². The van der Waals surface area contributed by atoms with E-state index in [2.05, 4.69) is 102 Å². The zero-order valence-corrected chi connectivity index (χ0v) is 22.1. The summed E-state index contributed by atoms with van der Waals surface area (Å²) in [6.07, 6.45) is 0. The van der Waals surface area contributed by atoms with Gasteiger partial charge in [0.15, 0.2) is 7.14 Å². The average Bonchev–Trinajstić information content (AvgIpc) is 3.49. The molecule has 0 fully saturated rings. The second-order valence-corrected chi connectivity index (χ2v) is 12.7. The zero-order chi connectivity index (χ0) is 26.0. The van der Waals surface area contributed by atoms with E-state index in [-0.39, 0.29) is 0 Å². The summed E-state index contributed by atoms with van der Waals surface area (Å²) in [6, 6.07) is 50.3. The first kappa shape index (κ1) is 22.3. The van der Waals surface area contributed by atoms with Crippen molar-refractivity contribution in [2.75, 3.05) is 0 Å². The Balaban J connectivity index is 1.45. The molecule has 6 aromatic carbocycles. The van der Waals surface area contributed by atoms with Crippen molar-refractivity contribution in [2.24, 2.45) is 0 Å². The minimum Gasteiger partial charge on any atom is -0.309 e. The summed E-state index contributed by atoms with van der Waals surface area (Å²) in [5.41, 5.74) is 7.81. The molecule has 1 aliphatic rings. The van der Waals surface area contributed by atoms with Gasteiger partial charge in [-0.3, -0.25) is 0 Å². The summed E-state index contributed by atoms with van der Waals surface area (Å²) in [4.78, 5) is 0. The van der Waals surface area contributed by atoms with Gasteiger partial charge in [-0.05, 0) is 46.5 Å². The highest BCUT2D eigenvalue weighted by atomic mass is 31.2. The molecular weight excluding hydrogens is 493 g/mol. The van der Waals surface area contributed by atoms with Crippen molar-refractivity contribution in [3.63, 3.8) is 0 Å². The van der Waals surface area contributed by atoms with Crippen molar-refractivity contribution in [3.8, 4) is 27.9 Å². The lowest BCUT2D eigenvalue weighted by Gasteiger charge is -2.17. The molecule has 39 heavy (non-hydrogen) atoms. The molecular formula is C36H24NOP. The van der Waals surface area contributed by atoms with Crippen molar-refractivity contribution < 1.29 is 4.57 Å². The fourth-order valence-electron chi connectivity index (χ4n) is 6.30. The number of para-hydroxylation sites is 1. The SMILES string of the molecule is O=P1(c2ccccc2)c2ccccc2-c2ccc3c(c21)c1ccccc1n3-c1ccc(-c2ccccc2)cc1. The largest absolute Gasteiger partial charge is 0.309 e. The number of hydrogen-bond acceptors (Lipinski definition) is 1. The molecule has 2 heterocycles. The van der Waals surface area contributed by atoms with Crippen LogP contribution in [0.2, 0.25) is 0 Å². The summed E-state index contributed by atoms with van der Waals surface area (Å²) >= 11 is 0. The van der Waals surface area contributed by atoms with Crippen molar-refractivity contribution in [2.45, 2.75) is 0 Å². The summed E-state index contributed by atoms with van der Waals surface area (Å²) in [5.74, 6) is 0. The summed E-state index contributed by atoms with van der Waals surface area (Å²) < 4.78 is 17.8. The van der Waals surface area contributed by atoms with E-state index < -0.39 is 7.14 Å². The van der Waals surface area contributed by atoms with Gasteiger partial charge in [0.05, 0.1) is 11.0 Å². The molecule has 1 aliphatic heterocycles. The Morgan fingerprint density at radius 2 is 1.13 bits per heavy atom. The number of hydrogen-bond donors (Lipinski definition) is 0. The molecule has 8 rings (SSSR count). The van der Waals surface area contributed by atoms with Gasteiger partial charge in [0.1, 0.15) is 0 Å². The number of fused-ring (bicyclic) bond motifs is 7. The lowest BCUT2D eigenvalue weighted by Crippen LogP contribution is -2.21. The molecule has 0 amide bonds. The molecule has 0 N–H and O–H groups in total. The maximum atomic E-state index is 15.5. The predicted octanol–water partition coefficient (Wildman–Crippen LogP) is 8.07. The van der Waals surface area contributed by atoms with E-state index in [1.807, 2.05) is 48.5 Å². The number of aromatic nitrogens is 1. The van der Waals surface area contributed by atoms with Crippen molar-refractivity contribution >= 4 is 44.9 Å². The Labute approximate surface area is 227 Å². The molecule has 3 heteroatoms. The van der Waals surface area contributed by atoms with Crippen molar-refractivity contribution in [1.29, 1.82) is 0 Å². The maximum Gasteiger partial charge on any atom is 0.172 e. The lowest BCUT2D eigenvalue weighted by atomic mass is 10.0. The molecule has 0 bridgehead atoms. The van der Waals surface area contributed by atoms with Gasteiger partial charge in [-0.15, -0.1) is 0 Å². The van der Waals surface area contributed by atoms with Gasteiger partial charge in [-0.1, -0.05) is 121 Å². The van der Waals surface area contributed by atoms with E-state index >= 15 is 4.57 Å². The fraction of sp³-hybridized carbons (Fsp3) is 0. The molecule has 0 radical (unpaired) electrons. The smallest absolute Gasteiger partial charge is 0.172 e. The topological polar surface area (TPSA) is 22.0 Å². The zero-order valence-electron chi connectivity index (χ0n) is 21.2. The Morgan fingerprint density at radius 3 is 1.92 bits per heavy atom. The third kappa shape index (κ3) is 3.13. The molecule has 1 unspecified atom stereocenters. The first-order valence-electron chi connectivity index (χ1n) is 13.2. The Bertz CT molecular complexity index is 2070. The van der Waals surface area contributed by atoms with E-state index in [1.54, 1.807) is 0 Å². The van der Waals surface area contributed by atoms with Gasteiger partial charge in [-0.2, -0.15) is 0 Å². The van der Waals surface area contributed by atoms with E-state index in [0.29, 0.717) is 0 Å². The van der Waals surface area contributed by atoms with E-state index in [9.17, 15) is 0 Å². The lowest BCUT2D eigenvalue weighted by molar-refractivity contribution is 0.593. The number of nitrogens with zero attached hydrogens (tertiary/aromatic N) is 1. The molecule has 1 aromatic heterocycles. The molecule has 0 spiro atoms. The van der Waals surface area contributed by atoms with E-state index in [1.165, 1.54) is 11.1 Å². The van der Waals surface area contributed by atoms with Gasteiger partial charge < -0.3 is 9.13 Å². The molecule has 1 atom stereocenters. The van der Waals surface area contributed by atoms with E-state index in [4.69, 9.17) is 0 Å². The maximum absolute atomic E-state index is 15.5. The predicted molar refractivity (Wildman–Crippen MR) is 165 cm³/mol. The van der Waals surface area contributed by atoms with Crippen LogP contribution in [0, 0.1) is 0 Å². The summed E-state index contributed by atoms with van der Waals surface area (Å²) in [5, 5.41) is 4.98. The monoisotopic (exact) mass is 517 g/mol. The normalized spacial score (nSPS) is 15.9. The van der Waals surface area contributed by atoms with Crippen LogP contribution in [0.4, 0.5) is 0 Å². The number of benzene rings is 6. The highest BCUT2D eigenvalue weighted by Crippen LogP contribution is 2.55. The number of rotatable bonds is 3. The average molecular weight is 518 g/mol. The van der Waals surface area contributed by atoms with Crippen molar-refractivity contribution in [1.82, 2.24) is 4.57 Å². The Hall–Kier alpha value is -4.65. The van der Waals surface area contributed by atoms with Crippen LogP contribution in [0.1, 0.15) is 0 Å². The minimum atomic E-state index is -3.09. The van der Waals surface area contributed by atoms with Crippen molar-refractivity contribution in [3.05, 3.63) is 146 Å². The third-order valence-corrected chi connectivity index (χ3v) is 11.2. The van der Waals surface area contributed by atoms with Crippen LogP contribution >= 0.6 is 7.14 Å². The van der Waals surface area contributed by atoms with Gasteiger partial charge in [0.25, 0.3) is 0 Å². The fourth-order valence-corrected chi connectivity index (χ4v) is 9.58. The molecule has 2 nitrogen and oxygen atoms in total. The van der Waals surface area contributed by atoms with Crippen LogP contribution in [0.15, 0.2) is 146 Å². The van der Waals surface area contributed by atoms with Crippen LogP contribution in [-0.2, 0) is 4.57 Å². The highest BCUT2D eigenvalue weighted by Gasteiger charge is 2.42. The van der Waals surface area contributed by atoms with Gasteiger partial charge >= 0.3 is 0 Å². The minimum absolute atomic E-state index is 0.882. The molecule has 184 valence electrons. The first-order valence-corrected chi connectivity index (χ1v) is 14.9. The molecule has 0 saturated carbocycles. The van der Waals surface area contributed by atoms with E-state index in [0.717, 1.165) is 54.5 Å². The van der Waals surface area contributed by atoms with Crippen LogP contribution in [-0.4, -0.2) is 4.57 Å². The molecule has 7 aromatic rings. The summed E-state index contributed by atoms with van der Waals surface area (Å²) in [7, 11) is -3.09.